The van der Waals surface area contributed by atoms with E-state index in [0.29, 0.717) is 6.42 Å². The summed E-state index contributed by atoms with van der Waals surface area (Å²) in [7, 11) is 0. The van der Waals surface area contributed by atoms with Gasteiger partial charge >= 0.3 is 0 Å². The summed E-state index contributed by atoms with van der Waals surface area (Å²) < 4.78 is 2.05. The highest BCUT2D eigenvalue weighted by atomic mass is 32.1. The van der Waals surface area contributed by atoms with Crippen LogP contribution in [0.3, 0.4) is 0 Å². The molecule has 0 aliphatic carbocycles. The first-order chi connectivity index (χ1) is 12.7. The Hall–Kier alpha value is -2.14. The van der Waals surface area contributed by atoms with Gasteiger partial charge in [0, 0.05) is 29.4 Å². The molecule has 0 saturated carbocycles. The van der Waals surface area contributed by atoms with Crippen molar-refractivity contribution in [3.05, 3.63) is 47.1 Å². The zero-order chi connectivity index (χ0) is 18.4. The predicted molar refractivity (Wildman–Crippen MR) is 109 cm³/mol. The molecule has 0 unspecified atom stereocenters. The van der Waals surface area contributed by atoms with Crippen molar-refractivity contribution >= 4 is 22.2 Å². The molecule has 138 valence electrons. The minimum Gasteiger partial charge on any atom is -0.356 e. The summed E-state index contributed by atoms with van der Waals surface area (Å²) in [5.74, 6) is 0.0868. The molecule has 3 rings (SSSR count). The van der Waals surface area contributed by atoms with Crippen LogP contribution in [0.15, 0.2) is 35.8 Å². The zero-order valence-corrected chi connectivity index (χ0v) is 16.4. The van der Waals surface area contributed by atoms with Crippen LogP contribution in [-0.2, 0) is 17.6 Å². The summed E-state index contributed by atoms with van der Waals surface area (Å²) >= 11 is 1.59. The van der Waals surface area contributed by atoms with Gasteiger partial charge in [-0.3, -0.25) is 9.20 Å². The van der Waals surface area contributed by atoms with Gasteiger partial charge in [-0.2, -0.15) is 0 Å². The lowest BCUT2D eigenvalue weighted by atomic mass is 10.1. The third kappa shape index (κ3) is 4.52. The minimum atomic E-state index is 0.0868. The molecule has 0 fully saturated rings. The molecule has 26 heavy (non-hydrogen) atoms. The maximum atomic E-state index is 12.2. The number of benzene rings is 1. The Kier molecular flexibility index (Phi) is 6.45. The normalized spacial score (nSPS) is 11.2. The first-order valence-electron chi connectivity index (χ1n) is 9.52. The number of rotatable bonds is 9. The number of nitrogens with zero attached hydrogens (tertiary/aromatic N) is 2. The molecule has 0 spiro atoms. The number of aryl methyl sites for hydroxylation is 1. The second-order valence-electron chi connectivity index (χ2n) is 6.64. The van der Waals surface area contributed by atoms with Crippen LogP contribution in [-0.4, -0.2) is 21.8 Å². The van der Waals surface area contributed by atoms with Crippen LogP contribution in [0.4, 0.5) is 0 Å². The molecule has 3 aromatic rings. The van der Waals surface area contributed by atoms with Crippen molar-refractivity contribution in [3.63, 3.8) is 0 Å². The number of aromatic nitrogens is 2. The van der Waals surface area contributed by atoms with E-state index in [1.54, 1.807) is 11.3 Å². The summed E-state index contributed by atoms with van der Waals surface area (Å²) in [6.07, 6.45) is 8.16. The van der Waals surface area contributed by atoms with Crippen molar-refractivity contribution < 1.29 is 4.79 Å². The molecule has 0 aliphatic rings. The topological polar surface area (TPSA) is 46.4 Å². The number of nitrogens with one attached hydrogen (secondary N) is 1. The van der Waals surface area contributed by atoms with E-state index in [9.17, 15) is 4.79 Å². The smallest absolute Gasteiger partial charge is 0.225 e. The van der Waals surface area contributed by atoms with E-state index in [4.69, 9.17) is 4.98 Å². The van der Waals surface area contributed by atoms with Gasteiger partial charge in [-0.1, -0.05) is 57.4 Å². The molecule has 2 heterocycles. The molecule has 0 atom stereocenters. The van der Waals surface area contributed by atoms with Crippen LogP contribution >= 0.6 is 11.3 Å². The van der Waals surface area contributed by atoms with E-state index in [1.165, 1.54) is 24.8 Å². The van der Waals surface area contributed by atoms with Crippen LogP contribution in [0.1, 0.15) is 50.8 Å². The van der Waals surface area contributed by atoms with E-state index in [2.05, 4.69) is 43.4 Å². The Bertz CT molecular complexity index is 848. The Balaban J connectivity index is 1.64. The average molecular weight is 370 g/mol. The van der Waals surface area contributed by atoms with Crippen molar-refractivity contribution in [2.24, 2.45) is 0 Å². The molecular weight excluding hydrogens is 342 g/mol. The van der Waals surface area contributed by atoms with Gasteiger partial charge in [0.05, 0.1) is 12.1 Å². The van der Waals surface area contributed by atoms with E-state index in [1.807, 2.05) is 16.0 Å². The average Bonchev–Trinajstić information content (AvgIpc) is 3.24. The fourth-order valence-corrected chi connectivity index (χ4v) is 3.89. The van der Waals surface area contributed by atoms with Gasteiger partial charge in [-0.05, 0) is 18.4 Å². The number of hydrogen-bond acceptors (Lipinski definition) is 3. The molecule has 1 amide bonds. The predicted octanol–water partition coefficient (Wildman–Crippen LogP) is 4.86. The summed E-state index contributed by atoms with van der Waals surface area (Å²) in [5, 5.41) is 5.06. The highest BCUT2D eigenvalue weighted by Crippen LogP contribution is 2.24. The Morgan fingerprint density at radius 2 is 1.96 bits per heavy atom. The maximum Gasteiger partial charge on any atom is 0.225 e. The van der Waals surface area contributed by atoms with Gasteiger partial charge < -0.3 is 5.32 Å². The van der Waals surface area contributed by atoms with Gasteiger partial charge in [0.15, 0.2) is 4.96 Å². The van der Waals surface area contributed by atoms with Crippen LogP contribution < -0.4 is 5.32 Å². The molecular formula is C21H27N3OS. The number of imidazole rings is 1. The zero-order valence-electron chi connectivity index (χ0n) is 15.6. The number of amides is 1. The second-order valence-corrected chi connectivity index (χ2v) is 7.48. The van der Waals surface area contributed by atoms with Gasteiger partial charge in [0.1, 0.15) is 0 Å². The van der Waals surface area contributed by atoms with Gasteiger partial charge in [0.25, 0.3) is 0 Å². The monoisotopic (exact) mass is 369 g/mol. The Morgan fingerprint density at radius 1 is 1.15 bits per heavy atom. The van der Waals surface area contributed by atoms with Crippen LogP contribution in [0.25, 0.3) is 16.2 Å². The molecule has 0 radical (unpaired) electrons. The van der Waals surface area contributed by atoms with E-state index in [-0.39, 0.29) is 5.91 Å². The van der Waals surface area contributed by atoms with Crippen LogP contribution in [0.5, 0.6) is 0 Å². The van der Waals surface area contributed by atoms with Crippen LogP contribution in [0, 0.1) is 0 Å². The second kappa shape index (κ2) is 8.99. The molecule has 2 aromatic heterocycles. The highest BCUT2D eigenvalue weighted by molar-refractivity contribution is 7.15. The summed E-state index contributed by atoms with van der Waals surface area (Å²) in [5.41, 5.74) is 4.40. The number of hydrogen-bond donors (Lipinski definition) is 1. The van der Waals surface area contributed by atoms with E-state index in [0.717, 1.165) is 41.3 Å². The molecule has 0 aliphatic heterocycles. The lowest BCUT2D eigenvalue weighted by Crippen LogP contribution is -2.26. The number of unbranched alkanes of at least 4 members (excludes halogenated alkanes) is 3. The molecule has 1 N–H and O–H groups in total. The van der Waals surface area contributed by atoms with Crippen molar-refractivity contribution in [3.8, 4) is 11.3 Å². The third-order valence-corrected chi connectivity index (χ3v) is 5.52. The molecule has 0 bridgehead atoms. The fourth-order valence-electron chi connectivity index (χ4n) is 3.01. The van der Waals surface area contributed by atoms with E-state index >= 15 is 0 Å². The summed E-state index contributed by atoms with van der Waals surface area (Å²) in [6.45, 7) is 5.12. The summed E-state index contributed by atoms with van der Waals surface area (Å²) in [4.78, 5) is 17.8. The van der Waals surface area contributed by atoms with Gasteiger partial charge in [0.2, 0.25) is 5.91 Å². The third-order valence-electron chi connectivity index (χ3n) is 4.64. The molecule has 1 aromatic carbocycles. The number of thiazole rings is 1. The standard InChI is InChI=1S/C21H27N3OS/c1-3-5-6-7-12-22-20(25)13-18-15-26-21-23-19(14-24(18)21)17-10-8-16(4-2)9-11-17/h8-11,14-15H,3-7,12-13H2,1-2H3,(H,22,25). The largest absolute Gasteiger partial charge is 0.356 e. The summed E-state index contributed by atoms with van der Waals surface area (Å²) in [6, 6.07) is 8.53. The molecule has 5 heteroatoms. The Labute approximate surface area is 159 Å². The number of carbonyl (C=O) groups excluding carboxylic acids is 1. The van der Waals surface area contributed by atoms with Crippen molar-refractivity contribution in [1.82, 2.24) is 14.7 Å². The number of fused-ring (bicyclic) bond motifs is 1. The van der Waals surface area contributed by atoms with Gasteiger partial charge in [-0.25, -0.2) is 4.98 Å². The fraction of sp³-hybridized carbons (Fsp3) is 0.429. The van der Waals surface area contributed by atoms with Crippen LogP contribution in [0.2, 0.25) is 0 Å². The lowest BCUT2D eigenvalue weighted by Gasteiger charge is -2.04. The first-order valence-corrected chi connectivity index (χ1v) is 10.4. The molecule has 4 nitrogen and oxygen atoms in total. The quantitative estimate of drug-likeness (QED) is 0.547. The van der Waals surface area contributed by atoms with Crippen molar-refractivity contribution in [2.45, 2.75) is 52.4 Å². The van der Waals surface area contributed by atoms with Crippen molar-refractivity contribution in [1.29, 1.82) is 0 Å². The van der Waals surface area contributed by atoms with E-state index < -0.39 is 0 Å². The maximum absolute atomic E-state index is 12.2. The highest BCUT2D eigenvalue weighted by Gasteiger charge is 2.12. The van der Waals surface area contributed by atoms with Gasteiger partial charge in [-0.15, -0.1) is 11.3 Å². The minimum absolute atomic E-state index is 0.0868. The van der Waals surface area contributed by atoms with Crippen molar-refractivity contribution in [2.75, 3.05) is 6.54 Å². The number of carbonyl (C=O) groups is 1. The lowest BCUT2D eigenvalue weighted by molar-refractivity contribution is -0.120. The Morgan fingerprint density at radius 3 is 2.69 bits per heavy atom. The molecule has 0 saturated heterocycles. The first kappa shape index (κ1) is 18.6. The SMILES string of the molecule is CCCCCCNC(=O)Cc1csc2nc(-c3ccc(CC)cc3)cn12.